The minimum absolute atomic E-state index is 0.216. The van der Waals surface area contributed by atoms with Crippen molar-refractivity contribution in [3.63, 3.8) is 0 Å². The number of benzene rings is 1. The molecule has 14 heavy (non-hydrogen) atoms. The van der Waals surface area contributed by atoms with E-state index in [-0.39, 0.29) is 6.04 Å². The summed E-state index contributed by atoms with van der Waals surface area (Å²) in [6.45, 7) is 3.10. The molecule has 76 valence electrons. The zero-order valence-electron chi connectivity index (χ0n) is 8.50. The van der Waals surface area contributed by atoms with E-state index in [2.05, 4.69) is 53.0 Å². The first kappa shape index (κ1) is 9.99. The minimum Gasteiger partial charge on any atom is -0.373 e. The highest BCUT2D eigenvalue weighted by molar-refractivity contribution is 9.10. The summed E-state index contributed by atoms with van der Waals surface area (Å²) in [6.07, 6.45) is 0. The second-order valence-corrected chi connectivity index (χ2v) is 4.88. The van der Waals surface area contributed by atoms with Gasteiger partial charge in [0.15, 0.2) is 0 Å². The second-order valence-electron chi connectivity index (χ2n) is 4.02. The highest BCUT2D eigenvalue weighted by Crippen LogP contribution is 2.41. The second kappa shape index (κ2) is 3.55. The van der Waals surface area contributed by atoms with Crippen molar-refractivity contribution in [2.24, 2.45) is 5.73 Å². The molecule has 0 spiro atoms. The number of likely N-dealkylation sites (N-methyl/N-ethyl adjacent to an activating group) is 1. The summed E-state index contributed by atoms with van der Waals surface area (Å²) in [5.41, 5.74) is 8.66. The third-order valence-electron chi connectivity index (χ3n) is 2.90. The van der Waals surface area contributed by atoms with Crippen LogP contribution >= 0.6 is 15.9 Å². The summed E-state index contributed by atoms with van der Waals surface area (Å²) in [5.74, 6) is 0.465. The Labute approximate surface area is 93.2 Å². The van der Waals surface area contributed by atoms with E-state index in [0.717, 1.165) is 6.54 Å². The molecule has 1 aromatic carbocycles. The number of fused-ring (bicyclic) bond motifs is 1. The van der Waals surface area contributed by atoms with Crippen molar-refractivity contribution in [2.75, 3.05) is 18.5 Å². The largest absolute Gasteiger partial charge is 0.373 e. The lowest BCUT2D eigenvalue weighted by atomic mass is 9.95. The van der Waals surface area contributed by atoms with Crippen LogP contribution in [0.4, 0.5) is 5.69 Å². The van der Waals surface area contributed by atoms with Crippen molar-refractivity contribution < 1.29 is 0 Å². The average Bonchev–Trinajstić information content (AvgIpc) is 2.45. The van der Waals surface area contributed by atoms with Crippen LogP contribution in [-0.2, 0) is 0 Å². The zero-order valence-corrected chi connectivity index (χ0v) is 10.1. The molecule has 0 amide bonds. The van der Waals surface area contributed by atoms with E-state index in [1.807, 2.05) is 0 Å². The molecule has 2 rings (SSSR count). The number of nitrogens with two attached hydrogens (primary N) is 1. The molecule has 0 saturated heterocycles. The van der Waals surface area contributed by atoms with Crippen molar-refractivity contribution in [1.29, 1.82) is 0 Å². The lowest BCUT2D eigenvalue weighted by Gasteiger charge is -2.15. The average molecular weight is 255 g/mol. The van der Waals surface area contributed by atoms with Gasteiger partial charge in [0, 0.05) is 30.0 Å². The lowest BCUT2D eigenvalue weighted by Crippen LogP contribution is -2.28. The number of para-hydroxylation sites is 1. The highest BCUT2D eigenvalue weighted by atomic mass is 79.9. The van der Waals surface area contributed by atoms with Crippen LogP contribution in [0.15, 0.2) is 22.7 Å². The first-order valence-electron chi connectivity index (χ1n) is 4.86. The molecule has 0 radical (unpaired) electrons. The lowest BCUT2D eigenvalue weighted by molar-refractivity contribution is 0.593. The molecule has 2 N–H and O–H groups in total. The Morgan fingerprint density at radius 3 is 2.93 bits per heavy atom. The van der Waals surface area contributed by atoms with E-state index >= 15 is 0 Å². The molecule has 1 heterocycles. The van der Waals surface area contributed by atoms with Gasteiger partial charge in [-0.15, -0.1) is 0 Å². The molecule has 2 unspecified atom stereocenters. The van der Waals surface area contributed by atoms with Crippen LogP contribution in [-0.4, -0.2) is 19.6 Å². The molecule has 3 heteroatoms. The van der Waals surface area contributed by atoms with Gasteiger partial charge in [-0.25, -0.2) is 0 Å². The Balaban J connectivity index is 2.49. The van der Waals surface area contributed by atoms with E-state index in [4.69, 9.17) is 5.73 Å². The standard InChI is InChI=1S/C11H15BrN2/c1-7(13)9-6-14(2)11-8(9)4-3-5-10(11)12/h3-5,7,9H,6,13H2,1-2H3. The number of halogens is 1. The van der Waals surface area contributed by atoms with Gasteiger partial charge in [0.2, 0.25) is 0 Å². The fourth-order valence-corrected chi connectivity index (χ4v) is 2.85. The Morgan fingerprint density at radius 2 is 2.29 bits per heavy atom. The van der Waals surface area contributed by atoms with Gasteiger partial charge in [-0.2, -0.15) is 0 Å². The van der Waals surface area contributed by atoms with Crippen molar-refractivity contribution in [3.05, 3.63) is 28.2 Å². The first-order chi connectivity index (χ1) is 6.61. The van der Waals surface area contributed by atoms with Gasteiger partial charge < -0.3 is 10.6 Å². The van der Waals surface area contributed by atoms with Crippen LogP contribution in [0.3, 0.4) is 0 Å². The fourth-order valence-electron chi connectivity index (χ4n) is 2.17. The van der Waals surface area contributed by atoms with E-state index < -0.39 is 0 Å². The van der Waals surface area contributed by atoms with Gasteiger partial charge >= 0.3 is 0 Å². The van der Waals surface area contributed by atoms with Gasteiger partial charge in [0.25, 0.3) is 0 Å². The molecule has 0 aromatic heterocycles. The molecule has 0 fully saturated rings. The third kappa shape index (κ3) is 1.44. The Hall–Kier alpha value is -0.540. The maximum absolute atomic E-state index is 5.98. The molecular weight excluding hydrogens is 240 g/mol. The normalized spacial score (nSPS) is 22.3. The van der Waals surface area contributed by atoms with Crippen molar-refractivity contribution in [2.45, 2.75) is 18.9 Å². The topological polar surface area (TPSA) is 29.3 Å². The fraction of sp³-hybridized carbons (Fsp3) is 0.455. The summed E-state index contributed by atoms with van der Waals surface area (Å²) in [6, 6.07) is 6.56. The molecular formula is C11H15BrN2. The molecule has 2 atom stereocenters. The van der Waals surface area contributed by atoms with E-state index in [1.54, 1.807) is 0 Å². The van der Waals surface area contributed by atoms with Crippen LogP contribution < -0.4 is 10.6 Å². The minimum atomic E-state index is 0.216. The third-order valence-corrected chi connectivity index (χ3v) is 3.54. The molecule has 0 bridgehead atoms. The summed E-state index contributed by atoms with van der Waals surface area (Å²) < 4.78 is 1.17. The zero-order chi connectivity index (χ0) is 10.3. The quantitative estimate of drug-likeness (QED) is 0.834. The van der Waals surface area contributed by atoms with Gasteiger partial charge in [-0.05, 0) is 34.5 Å². The number of anilines is 1. The van der Waals surface area contributed by atoms with Crippen LogP contribution in [0.1, 0.15) is 18.4 Å². The molecule has 0 aliphatic carbocycles. The van der Waals surface area contributed by atoms with Crippen LogP contribution in [0.5, 0.6) is 0 Å². The molecule has 1 aromatic rings. The Kier molecular flexibility index (Phi) is 2.54. The summed E-state index contributed by atoms with van der Waals surface area (Å²) in [4.78, 5) is 2.27. The van der Waals surface area contributed by atoms with Gasteiger partial charge in [0.1, 0.15) is 0 Å². The summed E-state index contributed by atoms with van der Waals surface area (Å²) in [7, 11) is 2.12. The summed E-state index contributed by atoms with van der Waals surface area (Å²) in [5, 5.41) is 0. The molecule has 0 saturated carbocycles. The van der Waals surface area contributed by atoms with Gasteiger partial charge in [0.05, 0.1) is 5.69 Å². The van der Waals surface area contributed by atoms with Gasteiger partial charge in [-0.1, -0.05) is 12.1 Å². The number of nitrogens with zero attached hydrogens (tertiary/aromatic N) is 1. The number of rotatable bonds is 1. The first-order valence-corrected chi connectivity index (χ1v) is 5.65. The highest BCUT2D eigenvalue weighted by Gasteiger charge is 2.29. The van der Waals surface area contributed by atoms with E-state index in [0.29, 0.717) is 5.92 Å². The van der Waals surface area contributed by atoms with Crippen molar-refractivity contribution in [3.8, 4) is 0 Å². The molecule has 1 aliphatic heterocycles. The smallest absolute Gasteiger partial charge is 0.0544 e. The van der Waals surface area contributed by atoms with Crippen molar-refractivity contribution >= 4 is 21.6 Å². The summed E-state index contributed by atoms with van der Waals surface area (Å²) >= 11 is 3.58. The Morgan fingerprint density at radius 1 is 1.57 bits per heavy atom. The van der Waals surface area contributed by atoms with Crippen LogP contribution in [0.2, 0.25) is 0 Å². The van der Waals surface area contributed by atoms with E-state index in [9.17, 15) is 0 Å². The van der Waals surface area contributed by atoms with Crippen LogP contribution in [0.25, 0.3) is 0 Å². The van der Waals surface area contributed by atoms with E-state index in [1.165, 1.54) is 15.7 Å². The molecule has 2 nitrogen and oxygen atoms in total. The SMILES string of the molecule is CC(N)C1CN(C)c2c(Br)cccc21. The maximum atomic E-state index is 5.98. The predicted octanol–water partition coefficient (Wildman–Crippen LogP) is 2.33. The number of hydrogen-bond acceptors (Lipinski definition) is 2. The monoisotopic (exact) mass is 254 g/mol. The van der Waals surface area contributed by atoms with Crippen molar-refractivity contribution in [1.82, 2.24) is 0 Å². The number of hydrogen-bond donors (Lipinski definition) is 1. The predicted molar refractivity (Wildman–Crippen MR) is 63.8 cm³/mol. The maximum Gasteiger partial charge on any atom is 0.0544 e. The molecule has 1 aliphatic rings. The van der Waals surface area contributed by atoms with Gasteiger partial charge in [-0.3, -0.25) is 0 Å². The Bertz CT molecular complexity index is 349. The van der Waals surface area contributed by atoms with Crippen LogP contribution in [0, 0.1) is 0 Å².